The van der Waals surface area contributed by atoms with Crippen LogP contribution in [-0.2, 0) is 13.1 Å². The fourth-order valence-corrected chi connectivity index (χ4v) is 2.00. The van der Waals surface area contributed by atoms with Crippen molar-refractivity contribution in [2.24, 2.45) is 0 Å². The number of halogens is 1. The van der Waals surface area contributed by atoms with Gasteiger partial charge >= 0.3 is 0 Å². The summed E-state index contributed by atoms with van der Waals surface area (Å²) in [5.74, 6) is 1.68. The number of rotatable bonds is 4. The van der Waals surface area contributed by atoms with Gasteiger partial charge < -0.3 is 31.8 Å². The Labute approximate surface area is 123 Å². The molecule has 4 heteroatoms. The van der Waals surface area contributed by atoms with Crippen molar-refractivity contribution < 1.29 is 26.5 Å². The molecule has 0 spiro atoms. The first-order valence-electron chi connectivity index (χ1n) is 6.05. The molecule has 1 aliphatic heterocycles. The zero-order chi connectivity index (χ0) is 12.2. The van der Waals surface area contributed by atoms with E-state index in [1.54, 1.807) is 0 Å². The minimum absolute atomic E-state index is 0. The number of ether oxygens (including phenoxy) is 2. The van der Waals surface area contributed by atoms with Crippen molar-refractivity contribution >= 4 is 0 Å². The van der Waals surface area contributed by atoms with Crippen molar-refractivity contribution in [2.75, 3.05) is 6.79 Å². The summed E-state index contributed by atoms with van der Waals surface area (Å²) in [4.78, 5) is 0. The third kappa shape index (κ3) is 3.49. The molecule has 0 aliphatic carbocycles. The number of hydrogen-bond donors (Lipinski definition) is 1. The van der Waals surface area contributed by atoms with Gasteiger partial charge in [-0.25, -0.2) is 0 Å². The van der Waals surface area contributed by atoms with Crippen LogP contribution in [0.25, 0.3) is 0 Å². The van der Waals surface area contributed by atoms with Gasteiger partial charge in [0.15, 0.2) is 11.5 Å². The second-order valence-corrected chi connectivity index (χ2v) is 4.28. The molecule has 1 N–H and O–H groups in total. The molecule has 0 unspecified atom stereocenters. The van der Waals surface area contributed by atoms with Gasteiger partial charge in [0.1, 0.15) is 0 Å². The van der Waals surface area contributed by atoms with Crippen LogP contribution < -0.4 is 31.8 Å². The zero-order valence-electron chi connectivity index (χ0n) is 10.4. The van der Waals surface area contributed by atoms with Crippen molar-refractivity contribution in [3.8, 4) is 11.5 Å². The van der Waals surface area contributed by atoms with Gasteiger partial charge in [-0.1, -0.05) is 36.4 Å². The number of nitrogens with one attached hydrogen (secondary N) is 1. The van der Waals surface area contributed by atoms with Crippen LogP contribution in [0, 0.1) is 0 Å². The lowest BCUT2D eigenvalue weighted by Gasteiger charge is -2.06. The fraction of sp³-hybridized carbons (Fsp3) is 0.200. The number of fused-ring (bicyclic) bond motifs is 1. The van der Waals surface area contributed by atoms with Crippen LogP contribution >= 0.6 is 0 Å². The molecule has 1 aliphatic rings. The van der Waals surface area contributed by atoms with E-state index >= 15 is 0 Å². The minimum atomic E-state index is 0. The molecule has 0 aromatic heterocycles. The molecule has 0 saturated carbocycles. The van der Waals surface area contributed by atoms with E-state index in [1.807, 2.05) is 18.2 Å². The highest BCUT2D eigenvalue weighted by atomic mass is 79.9. The molecule has 19 heavy (non-hydrogen) atoms. The Morgan fingerprint density at radius 3 is 2.42 bits per heavy atom. The zero-order valence-corrected chi connectivity index (χ0v) is 12.0. The average Bonchev–Trinajstić information content (AvgIpc) is 2.87. The SMILES string of the molecule is [Br-].c1ccc(CNCc2ccc3c(c2)OCO3)cc1. The summed E-state index contributed by atoms with van der Waals surface area (Å²) in [5.41, 5.74) is 2.49. The van der Waals surface area contributed by atoms with E-state index in [0.29, 0.717) is 6.79 Å². The smallest absolute Gasteiger partial charge is 0.231 e. The monoisotopic (exact) mass is 320 g/mol. The first-order chi connectivity index (χ1) is 8.92. The van der Waals surface area contributed by atoms with Gasteiger partial charge in [0, 0.05) is 13.1 Å². The van der Waals surface area contributed by atoms with E-state index in [9.17, 15) is 0 Å². The molecule has 1 heterocycles. The predicted octanol–water partition coefficient (Wildman–Crippen LogP) is -0.291. The van der Waals surface area contributed by atoms with Crippen LogP contribution in [0.15, 0.2) is 48.5 Å². The average molecular weight is 321 g/mol. The van der Waals surface area contributed by atoms with E-state index in [2.05, 4.69) is 35.6 Å². The molecule has 0 atom stereocenters. The summed E-state index contributed by atoms with van der Waals surface area (Å²) in [6.07, 6.45) is 0. The Bertz CT molecular complexity index is 531. The molecule has 0 radical (unpaired) electrons. The lowest BCUT2D eigenvalue weighted by atomic mass is 10.2. The van der Waals surface area contributed by atoms with Crippen molar-refractivity contribution in [1.82, 2.24) is 5.32 Å². The molecule has 3 nitrogen and oxygen atoms in total. The molecule has 2 aromatic rings. The predicted molar refractivity (Wildman–Crippen MR) is 69.6 cm³/mol. The lowest BCUT2D eigenvalue weighted by Crippen LogP contribution is -3.00. The summed E-state index contributed by atoms with van der Waals surface area (Å²) in [7, 11) is 0. The first kappa shape index (κ1) is 13.9. The quantitative estimate of drug-likeness (QED) is 0.840. The van der Waals surface area contributed by atoms with Crippen LogP contribution in [-0.4, -0.2) is 6.79 Å². The standard InChI is InChI=1S/C15H15NO2.BrH/c1-2-4-12(5-3-1)9-16-10-13-6-7-14-15(8-13)18-11-17-14;/h1-8,16H,9-11H2;1H/p-1. The Morgan fingerprint density at radius 2 is 1.58 bits per heavy atom. The summed E-state index contributed by atoms with van der Waals surface area (Å²) >= 11 is 0. The normalized spacial score (nSPS) is 12.0. The van der Waals surface area contributed by atoms with Crippen molar-refractivity contribution in [3.05, 3.63) is 59.7 Å². The summed E-state index contributed by atoms with van der Waals surface area (Å²) in [6.45, 7) is 2.02. The Hall–Kier alpha value is -1.52. The van der Waals surface area contributed by atoms with E-state index in [4.69, 9.17) is 9.47 Å². The van der Waals surface area contributed by atoms with Crippen molar-refractivity contribution in [2.45, 2.75) is 13.1 Å². The second kappa shape index (κ2) is 6.59. The van der Waals surface area contributed by atoms with E-state index in [1.165, 1.54) is 11.1 Å². The van der Waals surface area contributed by atoms with Gasteiger partial charge in [0.2, 0.25) is 6.79 Å². The largest absolute Gasteiger partial charge is 1.00 e. The summed E-state index contributed by atoms with van der Waals surface area (Å²) < 4.78 is 10.6. The molecule has 3 rings (SSSR count). The van der Waals surface area contributed by atoms with Gasteiger partial charge in [0.05, 0.1) is 0 Å². The molecule has 0 bridgehead atoms. The van der Waals surface area contributed by atoms with Crippen LogP contribution in [0.5, 0.6) is 11.5 Å². The molecular weight excluding hydrogens is 306 g/mol. The Morgan fingerprint density at radius 1 is 0.842 bits per heavy atom. The first-order valence-corrected chi connectivity index (χ1v) is 6.05. The Kier molecular flexibility index (Phi) is 4.82. The van der Waals surface area contributed by atoms with Gasteiger partial charge in [-0.15, -0.1) is 0 Å². The van der Waals surface area contributed by atoms with E-state index in [0.717, 1.165) is 24.6 Å². The van der Waals surface area contributed by atoms with Gasteiger partial charge in [-0.05, 0) is 23.3 Å². The maximum absolute atomic E-state index is 5.35. The van der Waals surface area contributed by atoms with Crippen LogP contribution in [0.2, 0.25) is 0 Å². The molecular formula is C15H15BrNO2-. The topological polar surface area (TPSA) is 30.5 Å². The maximum Gasteiger partial charge on any atom is 0.231 e. The van der Waals surface area contributed by atoms with E-state index < -0.39 is 0 Å². The molecule has 0 saturated heterocycles. The lowest BCUT2D eigenvalue weighted by molar-refractivity contribution is -0.00000519. The molecule has 2 aromatic carbocycles. The van der Waals surface area contributed by atoms with Crippen LogP contribution in [0.3, 0.4) is 0 Å². The van der Waals surface area contributed by atoms with Crippen molar-refractivity contribution in [1.29, 1.82) is 0 Å². The number of benzene rings is 2. The fourth-order valence-electron chi connectivity index (χ4n) is 2.00. The molecule has 100 valence electrons. The summed E-state index contributed by atoms with van der Waals surface area (Å²) in [6, 6.07) is 16.4. The molecule has 0 amide bonds. The highest BCUT2D eigenvalue weighted by molar-refractivity contribution is 5.44. The third-order valence-corrected chi connectivity index (χ3v) is 2.94. The summed E-state index contributed by atoms with van der Waals surface area (Å²) in [5, 5.41) is 3.41. The Balaban J connectivity index is 0.00000133. The van der Waals surface area contributed by atoms with Crippen molar-refractivity contribution in [3.63, 3.8) is 0 Å². The van der Waals surface area contributed by atoms with Gasteiger partial charge in [-0.3, -0.25) is 0 Å². The van der Waals surface area contributed by atoms with Crippen LogP contribution in [0.4, 0.5) is 0 Å². The van der Waals surface area contributed by atoms with Crippen LogP contribution in [0.1, 0.15) is 11.1 Å². The molecule has 0 fully saturated rings. The highest BCUT2D eigenvalue weighted by Gasteiger charge is 2.12. The number of hydrogen-bond acceptors (Lipinski definition) is 3. The highest BCUT2D eigenvalue weighted by Crippen LogP contribution is 2.32. The van der Waals surface area contributed by atoms with Gasteiger partial charge in [0.25, 0.3) is 0 Å². The maximum atomic E-state index is 5.35. The minimum Gasteiger partial charge on any atom is -1.00 e. The van der Waals surface area contributed by atoms with Gasteiger partial charge in [-0.2, -0.15) is 0 Å². The second-order valence-electron chi connectivity index (χ2n) is 4.28. The van der Waals surface area contributed by atoms with E-state index in [-0.39, 0.29) is 17.0 Å². The third-order valence-electron chi connectivity index (χ3n) is 2.94.